The second-order valence-electron chi connectivity index (χ2n) is 13.8. The molecule has 2 N–H and O–H groups in total. The largest absolute Gasteiger partial charge is 0.461 e. The van der Waals surface area contributed by atoms with Crippen LogP contribution in [0.5, 0.6) is 0 Å². The summed E-state index contributed by atoms with van der Waals surface area (Å²) in [6.07, 6.45) is -2.61. The number of ether oxygens (including phenoxy) is 5. The lowest BCUT2D eigenvalue weighted by Gasteiger charge is -2.30. The Kier molecular flexibility index (Phi) is 12.1. The molecule has 11 heteroatoms. The van der Waals surface area contributed by atoms with Crippen molar-refractivity contribution >= 4 is 24.1 Å². The Balaban J connectivity index is 1.45. The molecule has 262 valence electrons. The van der Waals surface area contributed by atoms with E-state index in [0.29, 0.717) is 0 Å². The highest BCUT2D eigenvalue weighted by molar-refractivity contribution is 5.84. The minimum absolute atomic E-state index is 0.0330. The summed E-state index contributed by atoms with van der Waals surface area (Å²) in [6.45, 7) is 11.4. The first kappa shape index (κ1) is 36.9. The van der Waals surface area contributed by atoms with Crippen LogP contribution in [-0.2, 0) is 39.9 Å². The first-order valence-corrected chi connectivity index (χ1v) is 16.3. The highest BCUT2D eigenvalue weighted by Crippen LogP contribution is 2.44. The number of nitrogens with one attached hydrogen (secondary N) is 2. The Hall–Kier alpha value is -4.90. The molecule has 4 rings (SSSR count). The molecule has 0 saturated carbocycles. The molecule has 3 aromatic carbocycles. The van der Waals surface area contributed by atoms with Gasteiger partial charge in [-0.2, -0.15) is 0 Å². The van der Waals surface area contributed by atoms with E-state index in [1.807, 2.05) is 75.4 Å². The van der Waals surface area contributed by atoms with E-state index in [2.05, 4.69) is 10.6 Å². The molecule has 1 aliphatic rings. The Morgan fingerprint density at radius 1 is 0.673 bits per heavy atom. The number of hydrogen-bond acceptors (Lipinski definition) is 9. The van der Waals surface area contributed by atoms with Gasteiger partial charge in [-0.3, -0.25) is 0 Å². The standard InChI is InChI=1S/C38H46N2O9/c1-24(48-37(2,3)4)32(40-35(43)47-22-30-28-19-13-11-17-26(28)27-18-12-14-20-29(27)30)34(42)46-23-31(39-36(44)49-38(5,6)7)33(41)45-21-25-15-9-8-10-16-25/h8-20,24,30-32H,21-23H2,1-7H3,(H,39,44)(H,40,43)/t24-,31+,32-/m1/s1. The SMILES string of the molecule is C[C@@H](OC(C)(C)C)[C@@H](NC(=O)OCC1c2ccccc2-c2ccccc21)C(=O)OC[C@H](NC(=O)OC(C)(C)C)C(=O)OCc1ccccc1. The third-order valence-corrected chi connectivity index (χ3v) is 7.47. The summed E-state index contributed by atoms with van der Waals surface area (Å²) < 4.78 is 27.9. The Morgan fingerprint density at radius 2 is 1.24 bits per heavy atom. The summed E-state index contributed by atoms with van der Waals surface area (Å²) in [5, 5.41) is 5.02. The van der Waals surface area contributed by atoms with E-state index in [4.69, 9.17) is 23.7 Å². The number of rotatable bonds is 12. The number of carbonyl (C=O) groups is 4. The lowest BCUT2D eigenvalue weighted by molar-refractivity contribution is -0.158. The molecule has 0 fully saturated rings. The number of benzene rings is 3. The van der Waals surface area contributed by atoms with Gasteiger partial charge in [0.15, 0.2) is 12.1 Å². The third-order valence-electron chi connectivity index (χ3n) is 7.47. The molecule has 2 amide bonds. The van der Waals surface area contributed by atoms with Crippen LogP contribution in [0.3, 0.4) is 0 Å². The van der Waals surface area contributed by atoms with Gasteiger partial charge in [-0.1, -0.05) is 78.9 Å². The van der Waals surface area contributed by atoms with Gasteiger partial charge in [0, 0.05) is 5.92 Å². The molecule has 3 atom stereocenters. The van der Waals surface area contributed by atoms with Crippen molar-refractivity contribution in [2.45, 2.75) is 90.4 Å². The molecule has 11 nitrogen and oxygen atoms in total. The fraction of sp³-hybridized carbons (Fsp3) is 0.421. The zero-order valence-corrected chi connectivity index (χ0v) is 29.1. The van der Waals surface area contributed by atoms with Crippen molar-refractivity contribution in [3.05, 3.63) is 95.6 Å². The van der Waals surface area contributed by atoms with E-state index in [0.717, 1.165) is 27.8 Å². The molecular formula is C38H46N2O9. The van der Waals surface area contributed by atoms with E-state index in [9.17, 15) is 19.2 Å². The van der Waals surface area contributed by atoms with Crippen LogP contribution >= 0.6 is 0 Å². The summed E-state index contributed by atoms with van der Waals surface area (Å²) in [7, 11) is 0. The second kappa shape index (κ2) is 16.0. The summed E-state index contributed by atoms with van der Waals surface area (Å²) in [5.74, 6) is -1.94. The highest BCUT2D eigenvalue weighted by Gasteiger charge is 2.35. The fourth-order valence-electron chi connectivity index (χ4n) is 5.46. The van der Waals surface area contributed by atoms with Gasteiger partial charge in [-0.15, -0.1) is 0 Å². The number of fused-ring (bicyclic) bond motifs is 3. The van der Waals surface area contributed by atoms with Crippen LogP contribution in [0.1, 0.15) is 71.1 Å². The van der Waals surface area contributed by atoms with Crippen LogP contribution in [0.2, 0.25) is 0 Å². The average Bonchev–Trinajstić information content (AvgIpc) is 3.35. The quantitative estimate of drug-likeness (QED) is 0.168. The fourth-order valence-corrected chi connectivity index (χ4v) is 5.46. The predicted molar refractivity (Wildman–Crippen MR) is 183 cm³/mol. The highest BCUT2D eigenvalue weighted by atomic mass is 16.6. The smallest absolute Gasteiger partial charge is 0.408 e. The first-order chi connectivity index (χ1) is 23.1. The van der Waals surface area contributed by atoms with Crippen molar-refractivity contribution in [1.29, 1.82) is 0 Å². The molecule has 0 spiro atoms. The van der Waals surface area contributed by atoms with Gasteiger partial charge in [0.05, 0.1) is 11.7 Å². The van der Waals surface area contributed by atoms with E-state index in [1.165, 1.54) is 0 Å². The zero-order valence-electron chi connectivity index (χ0n) is 29.1. The van der Waals surface area contributed by atoms with Crippen molar-refractivity contribution < 1.29 is 42.9 Å². The van der Waals surface area contributed by atoms with Crippen molar-refractivity contribution in [2.24, 2.45) is 0 Å². The lowest BCUT2D eigenvalue weighted by Crippen LogP contribution is -2.53. The van der Waals surface area contributed by atoms with Gasteiger partial charge in [-0.05, 0) is 76.3 Å². The lowest BCUT2D eigenvalue weighted by atomic mass is 9.98. The molecule has 0 radical (unpaired) electrons. The number of alkyl carbamates (subject to hydrolysis) is 2. The van der Waals surface area contributed by atoms with Gasteiger partial charge >= 0.3 is 24.1 Å². The Labute approximate surface area is 287 Å². The number of carbonyl (C=O) groups excluding carboxylic acids is 4. The maximum atomic E-state index is 13.5. The normalized spacial score (nSPS) is 14.3. The van der Waals surface area contributed by atoms with Gasteiger partial charge in [0.1, 0.15) is 25.4 Å². The first-order valence-electron chi connectivity index (χ1n) is 16.3. The summed E-state index contributed by atoms with van der Waals surface area (Å²) in [6, 6.07) is 22.2. The summed E-state index contributed by atoms with van der Waals surface area (Å²) in [5.41, 5.74) is 3.44. The van der Waals surface area contributed by atoms with E-state index in [1.54, 1.807) is 52.0 Å². The van der Waals surface area contributed by atoms with Crippen molar-refractivity contribution in [3.63, 3.8) is 0 Å². The van der Waals surface area contributed by atoms with Gasteiger partial charge in [-0.25, -0.2) is 19.2 Å². The summed E-state index contributed by atoms with van der Waals surface area (Å²) in [4.78, 5) is 52.4. The predicted octanol–water partition coefficient (Wildman–Crippen LogP) is 6.28. The molecule has 0 aliphatic heterocycles. The molecule has 3 aromatic rings. The monoisotopic (exact) mass is 674 g/mol. The van der Waals surface area contributed by atoms with Crippen molar-refractivity contribution in [2.75, 3.05) is 13.2 Å². The molecule has 0 heterocycles. The van der Waals surface area contributed by atoms with Crippen LogP contribution in [0.4, 0.5) is 9.59 Å². The topological polar surface area (TPSA) is 138 Å². The minimum Gasteiger partial charge on any atom is -0.461 e. The van der Waals surface area contributed by atoms with Crippen molar-refractivity contribution in [1.82, 2.24) is 10.6 Å². The second-order valence-corrected chi connectivity index (χ2v) is 13.8. The zero-order chi connectivity index (χ0) is 35.8. The Morgan fingerprint density at radius 3 is 1.82 bits per heavy atom. The number of amides is 2. The molecule has 0 aromatic heterocycles. The van der Waals surface area contributed by atoms with Gasteiger partial charge in [0.25, 0.3) is 0 Å². The van der Waals surface area contributed by atoms with Gasteiger partial charge in [0.2, 0.25) is 0 Å². The molecular weight excluding hydrogens is 628 g/mol. The number of hydrogen-bond donors (Lipinski definition) is 2. The van der Waals surface area contributed by atoms with Crippen LogP contribution in [-0.4, -0.2) is 66.7 Å². The van der Waals surface area contributed by atoms with Crippen LogP contribution in [0, 0.1) is 0 Å². The van der Waals surface area contributed by atoms with Crippen LogP contribution < -0.4 is 10.6 Å². The molecule has 0 saturated heterocycles. The Bertz CT molecular complexity index is 1570. The number of esters is 2. The summed E-state index contributed by atoms with van der Waals surface area (Å²) >= 11 is 0. The van der Waals surface area contributed by atoms with E-state index < -0.39 is 60.1 Å². The molecule has 0 bridgehead atoms. The van der Waals surface area contributed by atoms with Crippen LogP contribution in [0.25, 0.3) is 11.1 Å². The van der Waals surface area contributed by atoms with Crippen LogP contribution in [0.15, 0.2) is 78.9 Å². The average molecular weight is 675 g/mol. The maximum absolute atomic E-state index is 13.5. The van der Waals surface area contributed by atoms with E-state index in [-0.39, 0.29) is 19.1 Å². The van der Waals surface area contributed by atoms with E-state index >= 15 is 0 Å². The van der Waals surface area contributed by atoms with Crippen molar-refractivity contribution in [3.8, 4) is 11.1 Å². The third kappa shape index (κ3) is 10.8. The molecule has 0 unspecified atom stereocenters. The molecule has 1 aliphatic carbocycles. The molecule has 49 heavy (non-hydrogen) atoms. The maximum Gasteiger partial charge on any atom is 0.408 e. The van der Waals surface area contributed by atoms with Gasteiger partial charge < -0.3 is 34.3 Å². The minimum atomic E-state index is -1.41.